The summed E-state index contributed by atoms with van der Waals surface area (Å²) in [5.74, 6) is -1.18. The minimum absolute atomic E-state index is 0.412. The molecule has 2 nitrogen and oxygen atoms in total. The fourth-order valence-corrected chi connectivity index (χ4v) is 2.21. The monoisotopic (exact) mass is 256 g/mol. The Labute approximate surface area is 92.1 Å². The molecule has 3 heteroatoms. The Morgan fingerprint density at radius 1 is 1.57 bits per heavy atom. The first kappa shape index (κ1) is 11.2. The van der Waals surface area contributed by atoms with Gasteiger partial charge in [0.1, 0.15) is 0 Å². The van der Waals surface area contributed by atoms with Crippen molar-refractivity contribution < 1.29 is 9.90 Å². The first-order chi connectivity index (χ1) is 6.56. The van der Waals surface area contributed by atoms with Crippen molar-refractivity contribution in [2.45, 2.75) is 26.2 Å². The van der Waals surface area contributed by atoms with Gasteiger partial charge in [0.15, 0.2) is 0 Å². The Morgan fingerprint density at radius 3 is 2.64 bits per heavy atom. The van der Waals surface area contributed by atoms with E-state index < -0.39 is 11.9 Å². The van der Waals surface area contributed by atoms with Gasteiger partial charge in [-0.2, -0.15) is 0 Å². The summed E-state index contributed by atoms with van der Waals surface area (Å²) in [6.45, 7) is 3.86. The molecule has 1 atom stereocenters. The van der Waals surface area contributed by atoms with E-state index in [-0.39, 0.29) is 0 Å². The van der Waals surface area contributed by atoms with Crippen molar-refractivity contribution in [2.75, 3.05) is 0 Å². The highest BCUT2D eigenvalue weighted by molar-refractivity contribution is 9.10. The summed E-state index contributed by atoms with van der Waals surface area (Å²) < 4.78 is 0.881. The molecule has 1 unspecified atom stereocenters. The first-order valence-electron chi connectivity index (χ1n) is 4.55. The molecular weight excluding hydrogens is 244 g/mol. The van der Waals surface area contributed by atoms with Gasteiger partial charge in [-0.15, -0.1) is 0 Å². The highest BCUT2D eigenvalue weighted by Crippen LogP contribution is 2.28. The normalized spacial score (nSPS) is 12.5. The fourth-order valence-electron chi connectivity index (χ4n) is 1.44. The average Bonchev–Trinajstić information content (AvgIpc) is 2.09. The summed E-state index contributed by atoms with van der Waals surface area (Å²) in [5.41, 5.74) is 1.98. The number of carboxylic acids is 1. The van der Waals surface area contributed by atoms with Crippen LogP contribution in [-0.2, 0) is 4.79 Å². The van der Waals surface area contributed by atoms with Crippen molar-refractivity contribution >= 4 is 21.9 Å². The number of rotatable bonds is 3. The van der Waals surface area contributed by atoms with Crippen LogP contribution in [0.5, 0.6) is 0 Å². The van der Waals surface area contributed by atoms with Crippen LogP contribution in [0.1, 0.15) is 30.4 Å². The van der Waals surface area contributed by atoms with Gasteiger partial charge in [-0.05, 0) is 30.5 Å². The predicted molar refractivity (Wildman–Crippen MR) is 59.5 cm³/mol. The van der Waals surface area contributed by atoms with Gasteiger partial charge in [-0.25, -0.2) is 0 Å². The minimum atomic E-state index is -0.767. The zero-order chi connectivity index (χ0) is 10.7. The quantitative estimate of drug-likeness (QED) is 0.901. The molecule has 0 aliphatic heterocycles. The smallest absolute Gasteiger partial charge is 0.311 e. The van der Waals surface area contributed by atoms with Gasteiger partial charge < -0.3 is 5.11 Å². The standard InChI is InChI=1S/C11H13BrO2/c1-3-8(11(13)14)9-5-4-7(2)6-10(9)12/h4-6,8H,3H2,1-2H3,(H,13,14). The van der Waals surface area contributed by atoms with Crippen LogP contribution in [0.2, 0.25) is 0 Å². The van der Waals surface area contributed by atoms with E-state index in [4.69, 9.17) is 5.11 Å². The van der Waals surface area contributed by atoms with Gasteiger partial charge in [0.25, 0.3) is 0 Å². The van der Waals surface area contributed by atoms with Gasteiger partial charge in [0.05, 0.1) is 5.92 Å². The Hall–Kier alpha value is -0.830. The van der Waals surface area contributed by atoms with Crippen LogP contribution in [0.4, 0.5) is 0 Å². The van der Waals surface area contributed by atoms with Gasteiger partial charge in [-0.3, -0.25) is 4.79 Å². The molecule has 0 fully saturated rings. The van der Waals surface area contributed by atoms with Crippen molar-refractivity contribution in [1.29, 1.82) is 0 Å². The summed E-state index contributed by atoms with van der Waals surface area (Å²) in [5, 5.41) is 9.00. The largest absolute Gasteiger partial charge is 0.481 e. The number of hydrogen-bond donors (Lipinski definition) is 1. The molecule has 0 bridgehead atoms. The average molecular weight is 257 g/mol. The molecule has 0 saturated carbocycles. The molecule has 14 heavy (non-hydrogen) atoms. The number of hydrogen-bond acceptors (Lipinski definition) is 1. The molecule has 0 saturated heterocycles. The molecule has 1 rings (SSSR count). The molecule has 0 aliphatic carbocycles. The lowest BCUT2D eigenvalue weighted by Crippen LogP contribution is -2.11. The van der Waals surface area contributed by atoms with Crippen molar-refractivity contribution in [3.8, 4) is 0 Å². The van der Waals surface area contributed by atoms with E-state index >= 15 is 0 Å². The number of aliphatic carboxylic acids is 1. The molecule has 0 radical (unpaired) electrons. The molecule has 1 aromatic rings. The molecule has 1 aromatic carbocycles. The third kappa shape index (κ3) is 2.35. The predicted octanol–water partition coefficient (Wildman–Crippen LogP) is 3.34. The summed E-state index contributed by atoms with van der Waals surface area (Å²) >= 11 is 3.39. The van der Waals surface area contributed by atoms with Crippen LogP contribution in [0, 0.1) is 6.92 Å². The summed E-state index contributed by atoms with van der Waals surface area (Å²) in [6.07, 6.45) is 0.608. The van der Waals surface area contributed by atoms with E-state index in [0.717, 1.165) is 15.6 Å². The molecule has 0 aliphatic rings. The van der Waals surface area contributed by atoms with Crippen molar-refractivity contribution in [3.63, 3.8) is 0 Å². The number of halogens is 1. The van der Waals surface area contributed by atoms with Gasteiger partial charge in [0, 0.05) is 4.47 Å². The highest BCUT2D eigenvalue weighted by Gasteiger charge is 2.19. The highest BCUT2D eigenvalue weighted by atomic mass is 79.9. The molecule has 0 heterocycles. The lowest BCUT2D eigenvalue weighted by molar-refractivity contribution is -0.138. The number of carbonyl (C=O) groups is 1. The Morgan fingerprint density at radius 2 is 2.21 bits per heavy atom. The maximum Gasteiger partial charge on any atom is 0.311 e. The van der Waals surface area contributed by atoms with E-state index in [2.05, 4.69) is 15.9 Å². The van der Waals surface area contributed by atoms with E-state index in [9.17, 15) is 4.79 Å². The third-order valence-corrected chi connectivity index (χ3v) is 2.92. The van der Waals surface area contributed by atoms with Crippen LogP contribution >= 0.6 is 15.9 Å². The van der Waals surface area contributed by atoms with E-state index in [1.54, 1.807) is 0 Å². The Kier molecular flexibility index (Phi) is 3.69. The number of benzene rings is 1. The van der Waals surface area contributed by atoms with Crippen LogP contribution in [-0.4, -0.2) is 11.1 Å². The van der Waals surface area contributed by atoms with E-state index in [1.165, 1.54) is 0 Å². The lowest BCUT2D eigenvalue weighted by Gasteiger charge is -2.12. The minimum Gasteiger partial charge on any atom is -0.481 e. The van der Waals surface area contributed by atoms with Crippen LogP contribution in [0.3, 0.4) is 0 Å². The number of aryl methyl sites for hydroxylation is 1. The molecule has 0 aromatic heterocycles. The zero-order valence-electron chi connectivity index (χ0n) is 8.25. The van der Waals surface area contributed by atoms with Crippen molar-refractivity contribution in [2.24, 2.45) is 0 Å². The van der Waals surface area contributed by atoms with Crippen molar-refractivity contribution in [1.82, 2.24) is 0 Å². The molecule has 1 N–H and O–H groups in total. The molecular formula is C11H13BrO2. The second-order valence-corrected chi connectivity index (χ2v) is 4.18. The third-order valence-electron chi connectivity index (χ3n) is 2.24. The summed E-state index contributed by atoms with van der Waals surface area (Å²) in [6, 6.07) is 5.76. The molecule has 76 valence electrons. The van der Waals surface area contributed by atoms with Crippen molar-refractivity contribution in [3.05, 3.63) is 33.8 Å². The van der Waals surface area contributed by atoms with Gasteiger partial charge >= 0.3 is 5.97 Å². The van der Waals surface area contributed by atoms with Crippen LogP contribution in [0.25, 0.3) is 0 Å². The maximum absolute atomic E-state index is 10.9. The Bertz CT molecular complexity index is 347. The molecule has 0 amide bonds. The summed E-state index contributed by atoms with van der Waals surface area (Å²) in [7, 11) is 0. The zero-order valence-corrected chi connectivity index (χ0v) is 9.84. The van der Waals surface area contributed by atoms with E-state index in [1.807, 2.05) is 32.0 Å². The van der Waals surface area contributed by atoms with Gasteiger partial charge in [-0.1, -0.05) is 35.0 Å². The Balaban J connectivity index is 3.10. The SMILES string of the molecule is CCC(C(=O)O)c1ccc(C)cc1Br. The second-order valence-electron chi connectivity index (χ2n) is 3.32. The number of carboxylic acid groups (broad SMARTS) is 1. The maximum atomic E-state index is 10.9. The fraction of sp³-hybridized carbons (Fsp3) is 0.364. The first-order valence-corrected chi connectivity index (χ1v) is 5.34. The van der Waals surface area contributed by atoms with Crippen LogP contribution < -0.4 is 0 Å². The topological polar surface area (TPSA) is 37.3 Å². The van der Waals surface area contributed by atoms with E-state index in [0.29, 0.717) is 6.42 Å². The van der Waals surface area contributed by atoms with Crippen LogP contribution in [0.15, 0.2) is 22.7 Å². The molecule has 0 spiro atoms. The lowest BCUT2D eigenvalue weighted by atomic mass is 9.96. The summed E-state index contributed by atoms with van der Waals surface area (Å²) in [4.78, 5) is 10.9. The second kappa shape index (κ2) is 4.60. The van der Waals surface area contributed by atoms with Gasteiger partial charge in [0.2, 0.25) is 0 Å².